The Kier molecular flexibility index (Phi) is 4.47. The van der Waals surface area contributed by atoms with Crippen LogP contribution in [0.3, 0.4) is 0 Å². The second-order valence-electron chi connectivity index (χ2n) is 8.87. The summed E-state index contributed by atoms with van der Waals surface area (Å²) in [6.07, 6.45) is 3.18. The zero-order chi connectivity index (χ0) is 21.0. The van der Waals surface area contributed by atoms with Crippen molar-refractivity contribution in [3.8, 4) is 5.75 Å². The number of aromatic nitrogens is 1. The number of nitrogens with one attached hydrogen (secondary N) is 1. The van der Waals surface area contributed by atoms with Crippen LogP contribution >= 0.6 is 15.9 Å². The van der Waals surface area contributed by atoms with Crippen LogP contribution in [0, 0.1) is 5.41 Å². The average Bonchev–Trinajstić information content (AvgIpc) is 2.71. The summed E-state index contributed by atoms with van der Waals surface area (Å²) in [5.74, 6) is 0.772. The fraction of sp³-hybridized carbons (Fsp3) is 0.280. The monoisotopic (exact) mass is 462 g/mol. The van der Waals surface area contributed by atoms with Gasteiger partial charge in [-0.05, 0) is 53.8 Å². The van der Waals surface area contributed by atoms with E-state index in [2.05, 4.69) is 58.3 Å². The smallest absolute Gasteiger partial charge is 0.162 e. The quantitative estimate of drug-likeness (QED) is 0.491. The molecule has 0 spiro atoms. The highest BCUT2D eigenvalue weighted by Gasteiger charge is 2.42. The Labute approximate surface area is 184 Å². The third-order valence-corrected chi connectivity index (χ3v) is 6.61. The van der Waals surface area contributed by atoms with Crippen molar-refractivity contribution >= 4 is 38.3 Å². The molecule has 4 nitrogen and oxygen atoms in total. The molecule has 152 valence electrons. The molecule has 0 radical (unpaired) electrons. The summed E-state index contributed by atoms with van der Waals surface area (Å²) in [5, 5.41) is 4.66. The van der Waals surface area contributed by atoms with Gasteiger partial charge in [0.05, 0.1) is 12.6 Å². The van der Waals surface area contributed by atoms with Crippen molar-refractivity contribution in [3.63, 3.8) is 0 Å². The van der Waals surface area contributed by atoms with Crippen LogP contribution in [0.1, 0.15) is 43.7 Å². The second kappa shape index (κ2) is 6.95. The number of carbonyl (C=O) groups excluding carboxylic acids is 1. The van der Waals surface area contributed by atoms with Crippen molar-refractivity contribution in [2.75, 3.05) is 12.4 Å². The third-order valence-electron chi connectivity index (χ3n) is 6.11. The van der Waals surface area contributed by atoms with E-state index in [1.165, 1.54) is 0 Å². The minimum absolute atomic E-state index is 0.0648. The van der Waals surface area contributed by atoms with Gasteiger partial charge in [0.1, 0.15) is 5.75 Å². The zero-order valence-corrected chi connectivity index (χ0v) is 18.8. The summed E-state index contributed by atoms with van der Waals surface area (Å²) in [6, 6.07) is 14.2. The predicted molar refractivity (Wildman–Crippen MR) is 123 cm³/mol. The first-order valence-electron chi connectivity index (χ1n) is 10.1. The minimum Gasteiger partial charge on any atom is -0.496 e. The summed E-state index contributed by atoms with van der Waals surface area (Å²) in [4.78, 5) is 18.0. The second-order valence-corrected chi connectivity index (χ2v) is 9.79. The van der Waals surface area contributed by atoms with Gasteiger partial charge >= 0.3 is 0 Å². The summed E-state index contributed by atoms with van der Waals surface area (Å²) < 4.78 is 6.71. The Morgan fingerprint density at radius 1 is 1.17 bits per heavy atom. The zero-order valence-electron chi connectivity index (χ0n) is 17.3. The first-order chi connectivity index (χ1) is 14.4. The van der Waals surface area contributed by atoms with Crippen molar-refractivity contribution in [2.45, 2.75) is 32.6 Å². The first-order valence-corrected chi connectivity index (χ1v) is 10.9. The minimum atomic E-state index is -0.208. The summed E-state index contributed by atoms with van der Waals surface area (Å²) in [6.45, 7) is 4.32. The van der Waals surface area contributed by atoms with Gasteiger partial charge in [-0.2, -0.15) is 0 Å². The number of rotatable bonds is 2. The van der Waals surface area contributed by atoms with Gasteiger partial charge in [0.15, 0.2) is 5.78 Å². The molecule has 1 atom stereocenters. The fourth-order valence-corrected chi connectivity index (χ4v) is 5.30. The molecule has 3 aromatic rings. The highest BCUT2D eigenvalue weighted by atomic mass is 79.9. The number of hydrogen-bond donors (Lipinski definition) is 1. The highest BCUT2D eigenvalue weighted by molar-refractivity contribution is 9.10. The lowest BCUT2D eigenvalue weighted by Gasteiger charge is -2.40. The number of anilines is 1. The molecule has 0 bridgehead atoms. The van der Waals surface area contributed by atoms with Crippen LogP contribution in [-0.2, 0) is 4.79 Å². The summed E-state index contributed by atoms with van der Waals surface area (Å²) in [5.41, 5.74) is 5.85. The van der Waals surface area contributed by atoms with E-state index in [1.807, 2.05) is 24.3 Å². The van der Waals surface area contributed by atoms with Gasteiger partial charge < -0.3 is 10.1 Å². The number of pyridine rings is 1. The van der Waals surface area contributed by atoms with Gasteiger partial charge in [0, 0.05) is 50.9 Å². The molecule has 30 heavy (non-hydrogen) atoms. The van der Waals surface area contributed by atoms with Gasteiger partial charge in [-0.15, -0.1) is 0 Å². The molecule has 5 heteroatoms. The largest absolute Gasteiger partial charge is 0.496 e. The van der Waals surface area contributed by atoms with E-state index in [9.17, 15) is 4.79 Å². The first kappa shape index (κ1) is 19.3. The number of methoxy groups -OCH3 is 1. The van der Waals surface area contributed by atoms with E-state index in [0.717, 1.165) is 55.6 Å². The SMILES string of the molecule is COc1ccc(Br)cc1C1C2=C(CC(C)(C)CC2=O)Nc2ccc3ncccc3c21. The van der Waals surface area contributed by atoms with Gasteiger partial charge in [0.2, 0.25) is 0 Å². The van der Waals surface area contributed by atoms with Crippen molar-refractivity contribution < 1.29 is 9.53 Å². The Morgan fingerprint density at radius 2 is 2.00 bits per heavy atom. The maximum Gasteiger partial charge on any atom is 0.162 e. The number of Topliss-reactive ketones (excluding diaryl/α,β-unsaturated/α-hetero) is 1. The van der Waals surface area contributed by atoms with Gasteiger partial charge in [-0.3, -0.25) is 9.78 Å². The van der Waals surface area contributed by atoms with Crippen LogP contribution < -0.4 is 10.1 Å². The molecular formula is C25H23BrN2O2. The molecule has 1 aliphatic heterocycles. The van der Waals surface area contributed by atoms with E-state index >= 15 is 0 Å². The molecule has 1 N–H and O–H groups in total. The lowest BCUT2D eigenvalue weighted by molar-refractivity contribution is -0.118. The molecule has 5 rings (SSSR count). The molecule has 0 amide bonds. The molecule has 1 aromatic heterocycles. The van der Waals surface area contributed by atoms with Crippen LogP contribution in [0.4, 0.5) is 5.69 Å². The number of nitrogens with zero attached hydrogens (tertiary/aromatic N) is 1. The topological polar surface area (TPSA) is 51.2 Å². The Hall–Kier alpha value is -2.66. The molecule has 2 aromatic carbocycles. The Bertz CT molecular complexity index is 1230. The van der Waals surface area contributed by atoms with E-state index < -0.39 is 0 Å². The van der Waals surface area contributed by atoms with Crippen LogP contribution in [0.5, 0.6) is 5.75 Å². The molecule has 2 aliphatic rings. The maximum absolute atomic E-state index is 13.5. The fourth-order valence-electron chi connectivity index (χ4n) is 4.93. The normalized spacial score (nSPS) is 19.9. The molecular weight excluding hydrogens is 440 g/mol. The average molecular weight is 463 g/mol. The van der Waals surface area contributed by atoms with Crippen LogP contribution in [0.2, 0.25) is 0 Å². The van der Waals surface area contributed by atoms with Crippen LogP contribution in [0.25, 0.3) is 10.9 Å². The van der Waals surface area contributed by atoms with Crippen molar-refractivity contribution in [1.29, 1.82) is 0 Å². The number of ether oxygens (including phenoxy) is 1. The molecule has 0 fully saturated rings. The van der Waals surface area contributed by atoms with Crippen molar-refractivity contribution in [1.82, 2.24) is 4.98 Å². The molecule has 0 saturated heterocycles. The Morgan fingerprint density at radius 3 is 2.80 bits per heavy atom. The number of hydrogen-bond acceptors (Lipinski definition) is 4. The van der Waals surface area contributed by atoms with E-state index in [0.29, 0.717) is 6.42 Å². The Balaban J connectivity index is 1.86. The van der Waals surface area contributed by atoms with Gasteiger partial charge in [-0.25, -0.2) is 0 Å². The lowest BCUT2D eigenvalue weighted by atomic mass is 9.68. The van der Waals surface area contributed by atoms with Gasteiger partial charge in [0.25, 0.3) is 0 Å². The molecule has 0 saturated carbocycles. The maximum atomic E-state index is 13.5. The predicted octanol–water partition coefficient (Wildman–Crippen LogP) is 6.21. The number of carbonyl (C=O) groups is 1. The number of halogens is 1. The van der Waals surface area contributed by atoms with E-state index in [-0.39, 0.29) is 17.1 Å². The molecule has 1 unspecified atom stereocenters. The third kappa shape index (κ3) is 3.03. The summed E-state index contributed by atoms with van der Waals surface area (Å²) in [7, 11) is 1.68. The van der Waals surface area contributed by atoms with Crippen LogP contribution in [-0.4, -0.2) is 17.9 Å². The molecule has 1 aliphatic carbocycles. The van der Waals surface area contributed by atoms with E-state index in [1.54, 1.807) is 13.3 Å². The lowest BCUT2D eigenvalue weighted by Crippen LogP contribution is -2.34. The number of fused-ring (bicyclic) bond motifs is 3. The highest BCUT2D eigenvalue weighted by Crippen LogP contribution is 2.52. The van der Waals surface area contributed by atoms with E-state index in [4.69, 9.17) is 4.74 Å². The number of allylic oxidation sites excluding steroid dienone is 2. The summed E-state index contributed by atoms with van der Waals surface area (Å²) >= 11 is 3.62. The number of ketones is 1. The number of benzene rings is 2. The van der Waals surface area contributed by atoms with Gasteiger partial charge in [-0.1, -0.05) is 35.8 Å². The van der Waals surface area contributed by atoms with Crippen LogP contribution in [0.15, 0.2) is 64.4 Å². The molecule has 2 heterocycles. The standard InChI is InChI=1S/C25H23BrN2O2/c1-25(2)12-19-24(20(29)13-25)23(16-11-14(26)6-9-21(16)30-3)22-15-5-4-10-27-17(15)7-8-18(22)28-19/h4-11,23,28H,12-13H2,1-3H3. The van der Waals surface area contributed by atoms with Crippen molar-refractivity contribution in [3.05, 3.63) is 75.5 Å². The van der Waals surface area contributed by atoms with Crippen molar-refractivity contribution in [2.24, 2.45) is 5.41 Å².